The maximum absolute atomic E-state index is 6.52. The average molecular weight is 816 g/mol. The second-order valence-corrected chi connectivity index (χ2v) is 16.9. The summed E-state index contributed by atoms with van der Waals surface area (Å²) < 4.78 is 13.7. The molecule has 4 nitrogen and oxygen atoms in total. The molecular weight excluding hydrogens is 779 g/mol. The first-order valence-electron chi connectivity index (χ1n) is 21.9. The summed E-state index contributed by atoms with van der Waals surface area (Å²) in [4.78, 5) is 0. The Bertz CT molecular complexity index is 4180. The van der Waals surface area contributed by atoms with Gasteiger partial charge >= 0.3 is 0 Å². The van der Waals surface area contributed by atoms with Gasteiger partial charge in [-0.15, -0.1) is 0 Å². The van der Waals surface area contributed by atoms with Crippen LogP contribution >= 0.6 is 0 Å². The fourth-order valence-electron chi connectivity index (χ4n) is 10.6. The minimum Gasteiger partial charge on any atom is -0.456 e. The van der Waals surface area contributed by atoms with Crippen LogP contribution in [0.3, 0.4) is 0 Å². The van der Waals surface area contributed by atoms with E-state index in [-0.39, 0.29) is 0 Å². The molecule has 0 saturated carbocycles. The van der Waals surface area contributed by atoms with Crippen molar-refractivity contribution in [1.82, 2.24) is 13.7 Å². The van der Waals surface area contributed by atoms with Crippen molar-refractivity contribution in [2.45, 2.75) is 0 Å². The third kappa shape index (κ3) is 5.05. The molecule has 4 heterocycles. The molecular formula is C60H37N3O. The van der Waals surface area contributed by atoms with Crippen molar-refractivity contribution in [3.8, 4) is 39.3 Å². The second kappa shape index (κ2) is 13.4. The van der Waals surface area contributed by atoms with Crippen molar-refractivity contribution < 1.29 is 4.42 Å². The summed E-state index contributed by atoms with van der Waals surface area (Å²) in [7, 11) is 0. The summed E-state index contributed by atoms with van der Waals surface area (Å²) in [5.41, 5.74) is 17.0. The molecule has 0 aliphatic carbocycles. The fourth-order valence-corrected chi connectivity index (χ4v) is 10.6. The number of para-hydroxylation sites is 5. The maximum atomic E-state index is 6.52. The largest absolute Gasteiger partial charge is 0.456 e. The van der Waals surface area contributed by atoms with Crippen LogP contribution in [0.4, 0.5) is 0 Å². The van der Waals surface area contributed by atoms with Crippen molar-refractivity contribution in [2.24, 2.45) is 0 Å². The molecule has 0 N–H and O–H groups in total. The van der Waals surface area contributed by atoms with Crippen LogP contribution in [0.2, 0.25) is 0 Å². The first-order valence-corrected chi connectivity index (χ1v) is 21.9. The van der Waals surface area contributed by atoms with E-state index < -0.39 is 0 Å². The lowest BCUT2D eigenvalue weighted by atomic mass is 9.98. The summed E-state index contributed by atoms with van der Waals surface area (Å²) in [5, 5.41) is 9.65. The molecule has 0 fully saturated rings. The highest BCUT2D eigenvalue weighted by Crippen LogP contribution is 2.43. The standard InChI is InChI=1S/C60H37N3O/c1-3-14-41(15-4-1)61-54-24-12-9-20-48(54)60-44(21-13-25-56(60)61)40-27-31-55-49(35-40)46-19-8-11-23-53(46)63(55)43-29-33-59-51(37-43)50-34-38(28-32-58(50)64-59)39-26-30-47-45-18-7-10-22-52(45)62(57(47)36-39)42-16-5-2-6-17-42/h1-37H. The minimum absolute atomic E-state index is 0.876. The van der Waals surface area contributed by atoms with Gasteiger partial charge in [-0.2, -0.15) is 0 Å². The first-order chi connectivity index (χ1) is 31.7. The zero-order valence-electron chi connectivity index (χ0n) is 34.6. The van der Waals surface area contributed by atoms with Gasteiger partial charge in [0, 0.05) is 60.2 Å². The molecule has 4 heteroatoms. The number of aromatic nitrogens is 3. The predicted molar refractivity (Wildman–Crippen MR) is 268 cm³/mol. The van der Waals surface area contributed by atoms with E-state index in [2.05, 4.69) is 238 Å². The summed E-state index contributed by atoms with van der Waals surface area (Å²) in [5.74, 6) is 0. The van der Waals surface area contributed by atoms with E-state index in [1.165, 1.54) is 82.1 Å². The number of furan rings is 1. The van der Waals surface area contributed by atoms with E-state index in [1.54, 1.807) is 0 Å². The molecule has 64 heavy (non-hydrogen) atoms. The number of nitrogens with zero attached hydrogens (tertiary/aromatic N) is 3. The Hall–Kier alpha value is -8.60. The molecule has 10 aromatic carbocycles. The molecule has 0 aliphatic rings. The van der Waals surface area contributed by atoms with Gasteiger partial charge in [-0.1, -0.05) is 127 Å². The smallest absolute Gasteiger partial charge is 0.135 e. The summed E-state index contributed by atoms with van der Waals surface area (Å²) in [6, 6.07) is 81.4. The van der Waals surface area contributed by atoms with E-state index >= 15 is 0 Å². The second-order valence-electron chi connectivity index (χ2n) is 16.9. The van der Waals surface area contributed by atoms with Gasteiger partial charge in [0.25, 0.3) is 0 Å². The Balaban J connectivity index is 0.920. The number of hydrogen-bond acceptors (Lipinski definition) is 1. The lowest BCUT2D eigenvalue weighted by Crippen LogP contribution is -1.93. The van der Waals surface area contributed by atoms with Crippen molar-refractivity contribution >= 4 is 87.4 Å². The van der Waals surface area contributed by atoms with Crippen LogP contribution < -0.4 is 0 Å². The maximum Gasteiger partial charge on any atom is 0.135 e. The van der Waals surface area contributed by atoms with Crippen LogP contribution in [-0.2, 0) is 0 Å². The van der Waals surface area contributed by atoms with Crippen LogP contribution in [0.5, 0.6) is 0 Å². The SMILES string of the molecule is c1ccc(-n2c3ccccc3c3ccc(-c4ccc5oc6ccc(-n7c8ccccc8c8cc(-c9cccc%10c9c9ccccc9n%10-c9ccccc9)ccc87)cc6c5c4)cc32)cc1. The molecule has 0 saturated heterocycles. The minimum atomic E-state index is 0.876. The monoisotopic (exact) mass is 815 g/mol. The van der Waals surface area contributed by atoms with Gasteiger partial charge in [0.2, 0.25) is 0 Å². The van der Waals surface area contributed by atoms with Gasteiger partial charge in [0.05, 0.1) is 33.1 Å². The Morgan fingerprint density at radius 3 is 1.47 bits per heavy atom. The quantitative estimate of drug-likeness (QED) is 0.170. The van der Waals surface area contributed by atoms with Gasteiger partial charge in [-0.05, 0) is 119 Å². The Morgan fingerprint density at radius 2 is 0.734 bits per heavy atom. The van der Waals surface area contributed by atoms with E-state index in [9.17, 15) is 0 Å². The highest BCUT2D eigenvalue weighted by Gasteiger charge is 2.20. The van der Waals surface area contributed by atoms with E-state index in [1.807, 2.05) is 0 Å². The van der Waals surface area contributed by atoms with E-state index in [4.69, 9.17) is 4.42 Å². The third-order valence-corrected chi connectivity index (χ3v) is 13.4. The molecule has 4 aromatic heterocycles. The number of hydrogen-bond donors (Lipinski definition) is 0. The van der Waals surface area contributed by atoms with Crippen LogP contribution in [-0.4, -0.2) is 13.7 Å². The molecule has 0 unspecified atom stereocenters. The highest BCUT2D eigenvalue weighted by atomic mass is 16.3. The van der Waals surface area contributed by atoms with E-state index in [0.29, 0.717) is 0 Å². The molecule has 14 aromatic rings. The fraction of sp³-hybridized carbons (Fsp3) is 0. The van der Waals surface area contributed by atoms with Crippen LogP contribution in [0, 0.1) is 0 Å². The molecule has 0 spiro atoms. The van der Waals surface area contributed by atoms with Crippen molar-refractivity contribution in [1.29, 1.82) is 0 Å². The zero-order chi connectivity index (χ0) is 41.9. The molecule has 14 rings (SSSR count). The van der Waals surface area contributed by atoms with Crippen molar-refractivity contribution in [3.63, 3.8) is 0 Å². The summed E-state index contributed by atoms with van der Waals surface area (Å²) in [6.07, 6.45) is 0. The zero-order valence-corrected chi connectivity index (χ0v) is 34.6. The third-order valence-electron chi connectivity index (χ3n) is 13.4. The summed E-state index contributed by atoms with van der Waals surface area (Å²) in [6.45, 7) is 0. The Kier molecular flexibility index (Phi) is 7.36. The molecule has 0 atom stereocenters. The van der Waals surface area contributed by atoms with Gasteiger partial charge in [0.15, 0.2) is 0 Å². The lowest BCUT2D eigenvalue weighted by Gasteiger charge is -2.10. The Labute approximate surface area is 367 Å². The summed E-state index contributed by atoms with van der Waals surface area (Å²) >= 11 is 0. The molecule has 298 valence electrons. The molecule has 0 amide bonds. The first kappa shape index (κ1) is 35.0. The van der Waals surface area contributed by atoms with Gasteiger partial charge < -0.3 is 18.1 Å². The van der Waals surface area contributed by atoms with Gasteiger partial charge in [-0.3, -0.25) is 0 Å². The van der Waals surface area contributed by atoms with Crippen molar-refractivity contribution in [3.05, 3.63) is 224 Å². The molecule has 0 aliphatic heterocycles. The number of fused-ring (bicyclic) bond motifs is 12. The Morgan fingerprint density at radius 1 is 0.250 bits per heavy atom. The van der Waals surface area contributed by atoms with Crippen LogP contribution in [0.25, 0.3) is 127 Å². The topological polar surface area (TPSA) is 27.9 Å². The van der Waals surface area contributed by atoms with E-state index in [0.717, 1.165) is 44.6 Å². The van der Waals surface area contributed by atoms with Crippen LogP contribution in [0.15, 0.2) is 229 Å². The van der Waals surface area contributed by atoms with Gasteiger partial charge in [0.1, 0.15) is 11.2 Å². The highest BCUT2D eigenvalue weighted by molar-refractivity contribution is 6.18. The average Bonchev–Trinajstić information content (AvgIpc) is 4.10. The lowest BCUT2D eigenvalue weighted by molar-refractivity contribution is 0.669. The normalized spacial score (nSPS) is 12.1. The van der Waals surface area contributed by atoms with Crippen LogP contribution in [0.1, 0.15) is 0 Å². The number of benzene rings is 10. The van der Waals surface area contributed by atoms with Gasteiger partial charge in [-0.25, -0.2) is 0 Å². The molecule has 0 bridgehead atoms. The van der Waals surface area contributed by atoms with Crippen molar-refractivity contribution in [2.75, 3.05) is 0 Å². The molecule has 0 radical (unpaired) electrons. The predicted octanol–water partition coefficient (Wildman–Crippen LogP) is 16.2. The number of rotatable bonds is 5.